The van der Waals surface area contributed by atoms with Gasteiger partial charge >= 0.3 is 0 Å². The molecule has 2 atom stereocenters. The monoisotopic (exact) mass is 557 g/mol. The van der Waals surface area contributed by atoms with Gasteiger partial charge < -0.3 is 34.9 Å². The van der Waals surface area contributed by atoms with Crippen LogP contribution in [0.5, 0.6) is 11.5 Å². The highest BCUT2D eigenvalue weighted by Gasteiger charge is 2.65. The zero-order valence-corrected chi connectivity index (χ0v) is 22.9. The quantitative estimate of drug-likeness (QED) is 0.255. The van der Waals surface area contributed by atoms with Gasteiger partial charge in [-0.05, 0) is 47.9 Å². The van der Waals surface area contributed by atoms with Gasteiger partial charge in [-0.25, -0.2) is 9.97 Å². The summed E-state index contributed by atoms with van der Waals surface area (Å²) in [4.78, 5) is 24.5. The van der Waals surface area contributed by atoms with E-state index in [1.165, 1.54) is 0 Å². The second-order valence-corrected chi connectivity index (χ2v) is 10.5. The molecule has 4 N–H and O–H groups in total. The Labute approximate surface area is 236 Å². The molecule has 41 heavy (non-hydrogen) atoms. The third-order valence-corrected chi connectivity index (χ3v) is 8.29. The number of aromatic amines is 1. The highest BCUT2D eigenvalue weighted by Crippen LogP contribution is 2.65. The molecule has 0 unspecified atom stereocenters. The summed E-state index contributed by atoms with van der Waals surface area (Å²) >= 11 is 0. The van der Waals surface area contributed by atoms with E-state index in [9.17, 15) is 9.90 Å². The first-order valence-electron chi connectivity index (χ1n) is 13.7. The number of hydrogen-bond acceptors (Lipinski definition) is 10. The Balaban J connectivity index is 1.20. The zero-order chi connectivity index (χ0) is 28.1. The molecule has 4 heterocycles. The molecule has 1 saturated heterocycles. The van der Waals surface area contributed by atoms with E-state index in [0.29, 0.717) is 61.8 Å². The molecule has 0 bridgehead atoms. The summed E-state index contributed by atoms with van der Waals surface area (Å²) in [6, 6.07) is 11.9. The number of ether oxygens (including phenoxy) is 3. The average Bonchev–Trinajstić information content (AvgIpc) is 3.55. The van der Waals surface area contributed by atoms with Crippen molar-refractivity contribution in [3.8, 4) is 11.5 Å². The summed E-state index contributed by atoms with van der Waals surface area (Å²) in [6.07, 6.45) is 1.05. The fraction of sp³-hybridized carbons (Fsp3) is 0.379. The highest BCUT2D eigenvalue weighted by molar-refractivity contribution is 6.10. The Morgan fingerprint density at radius 1 is 1.12 bits per heavy atom. The van der Waals surface area contributed by atoms with Crippen molar-refractivity contribution in [3.63, 3.8) is 0 Å². The van der Waals surface area contributed by atoms with E-state index < -0.39 is 5.41 Å². The molecular formula is C29H31N7O5. The van der Waals surface area contributed by atoms with Crippen LogP contribution in [0.25, 0.3) is 10.9 Å². The third kappa shape index (κ3) is 4.13. The maximum absolute atomic E-state index is 13.1. The van der Waals surface area contributed by atoms with Gasteiger partial charge in [-0.15, -0.1) is 0 Å². The fourth-order valence-electron chi connectivity index (χ4n) is 6.12. The van der Waals surface area contributed by atoms with Crippen LogP contribution >= 0.6 is 0 Å². The number of amides is 1. The van der Waals surface area contributed by atoms with Crippen LogP contribution in [-0.2, 0) is 21.4 Å². The van der Waals surface area contributed by atoms with Gasteiger partial charge in [-0.3, -0.25) is 9.89 Å². The molecule has 12 nitrogen and oxygen atoms in total. The number of aliphatic hydroxyl groups is 1. The molecule has 1 aliphatic carbocycles. The van der Waals surface area contributed by atoms with E-state index in [-0.39, 0.29) is 18.4 Å². The van der Waals surface area contributed by atoms with E-state index in [2.05, 4.69) is 47.8 Å². The number of aliphatic hydroxyl groups excluding tert-OH is 1. The van der Waals surface area contributed by atoms with Gasteiger partial charge in [0.05, 0.1) is 45.0 Å². The van der Waals surface area contributed by atoms with Crippen LogP contribution in [0.2, 0.25) is 0 Å². The number of benzene rings is 2. The van der Waals surface area contributed by atoms with E-state index >= 15 is 0 Å². The van der Waals surface area contributed by atoms with Crippen molar-refractivity contribution in [2.45, 2.75) is 24.2 Å². The number of methoxy groups -OCH3 is 2. The number of morpholine rings is 1. The standard InChI is InChI=1S/C29H31N7O5/c1-39-17-4-6-21-19(14-17)29(28(38)30-21)15-20(29)16-3-5-18-22(13-16)34-35-25(18)33-26-24(40-2)27(32-23(31-26)7-10-37)36-8-11-41-12-9-36/h3-6,13-14,20,37H,7-12,15H2,1-2H3,(H,30,38)(H2,31,32,33,34,35)/t20-,29-/m0/s1. The molecule has 2 aromatic carbocycles. The number of fused-ring (bicyclic) bond motifs is 3. The van der Waals surface area contributed by atoms with Crippen LogP contribution in [0.4, 0.5) is 23.1 Å². The van der Waals surface area contributed by atoms with Gasteiger partial charge in [0.15, 0.2) is 17.5 Å². The Bertz CT molecular complexity index is 1650. The normalized spacial score (nSPS) is 21.2. The molecule has 1 spiro atoms. The smallest absolute Gasteiger partial charge is 0.235 e. The first kappa shape index (κ1) is 25.5. The van der Waals surface area contributed by atoms with Gasteiger partial charge in [-0.2, -0.15) is 5.10 Å². The van der Waals surface area contributed by atoms with E-state index in [4.69, 9.17) is 14.2 Å². The minimum absolute atomic E-state index is 0.0310. The lowest BCUT2D eigenvalue weighted by molar-refractivity contribution is -0.118. The number of nitrogens with zero attached hydrogens (tertiary/aromatic N) is 4. The van der Waals surface area contributed by atoms with Crippen molar-refractivity contribution in [2.24, 2.45) is 0 Å². The number of rotatable bonds is 8. The molecule has 212 valence electrons. The van der Waals surface area contributed by atoms with Crippen molar-refractivity contribution in [1.29, 1.82) is 0 Å². The fourth-order valence-corrected chi connectivity index (χ4v) is 6.12. The van der Waals surface area contributed by atoms with Crippen molar-refractivity contribution in [1.82, 2.24) is 20.2 Å². The number of hydrogen-bond donors (Lipinski definition) is 4. The highest BCUT2D eigenvalue weighted by atomic mass is 16.5. The Morgan fingerprint density at radius 3 is 2.76 bits per heavy atom. The molecule has 7 rings (SSSR count). The third-order valence-electron chi connectivity index (χ3n) is 8.29. The van der Waals surface area contributed by atoms with Gasteiger partial charge in [0.2, 0.25) is 11.7 Å². The SMILES string of the molecule is COc1ccc2c(c1)[C@]1(C[C@H]1c1ccc3c(Nc4nc(CCO)nc(N5CCOCC5)c4OC)n[nH]c3c1)C(=O)N2. The number of anilines is 4. The first-order chi connectivity index (χ1) is 20.0. The van der Waals surface area contributed by atoms with Crippen LogP contribution in [0.15, 0.2) is 36.4 Å². The summed E-state index contributed by atoms with van der Waals surface area (Å²) in [7, 11) is 3.22. The zero-order valence-electron chi connectivity index (χ0n) is 22.9. The molecule has 12 heteroatoms. The Hall–Kier alpha value is -4.42. The summed E-state index contributed by atoms with van der Waals surface area (Å²) in [5.74, 6) is 3.55. The second kappa shape index (κ2) is 9.89. The van der Waals surface area contributed by atoms with Crippen molar-refractivity contribution < 1.29 is 24.1 Å². The van der Waals surface area contributed by atoms with Crippen LogP contribution < -0.4 is 25.0 Å². The maximum Gasteiger partial charge on any atom is 0.235 e. The predicted octanol–water partition coefficient (Wildman–Crippen LogP) is 2.86. The number of aromatic nitrogens is 4. The summed E-state index contributed by atoms with van der Waals surface area (Å²) in [6.45, 7) is 2.48. The van der Waals surface area contributed by atoms with Crippen LogP contribution in [-0.4, -0.2) is 78.3 Å². The average molecular weight is 558 g/mol. The Kier molecular flexibility index (Phi) is 6.16. The summed E-state index contributed by atoms with van der Waals surface area (Å²) in [5, 5.41) is 24.5. The van der Waals surface area contributed by atoms with Crippen LogP contribution in [0, 0.1) is 0 Å². The van der Waals surface area contributed by atoms with Crippen LogP contribution in [0.1, 0.15) is 29.3 Å². The number of nitrogens with one attached hydrogen (secondary N) is 3. The molecule has 0 radical (unpaired) electrons. The second-order valence-electron chi connectivity index (χ2n) is 10.5. The molecule has 3 aliphatic rings. The number of carbonyl (C=O) groups excluding carboxylic acids is 1. The lowest BCUT2D eigenvalue weighted by atomic mass is 9.91. The first-order valence-corrected chi connectivity index (χ1v) is 13.7. The molecular weight excluding hydrogens is 526 g/mol. The largest absolute Gasteiger partial charge is 0.497 e. The van der Waals surface area contributed by atoms with Gasteiger partial charge in [-0.1, -0.05) is 6.07 Å². The summed E-state index contributed by atoms with van der Waals surface area (Å²) < 4.78 is 16.7. The Morgan fingerprint density at radius 2 is 1.98 bits per heavy atom. The molecule has 4 aromatic rings. The lowest BCUT2D eigenvalue weighted by Crippen LogP contribution is -2.37. The topological polar surface area (TPSA) is 147 Å². The van der Waals surface area contributed by atoms with Gasteiger partial charge in [0.25, 0.3) is 0 Å². The van der Waals surface area contributed by atoms with Crippen LogP contribution in [0.3, 0.4) is 0 Å². The molecule has 1 amide bonds. The predicted molar refractivity (Wildman–Crippen MR) is 152 cm³/mol. The van der Waals surface area contributed by atoms with Gasteiger partial charge in [0, 0.05) is 36.5 Å². The molecule has 2 aromatic heterocycles. The number of carbonyl (C=O) groups is 1. The molecule has 2 aliphatic heterocycles. The van der Waals surface area contributed by atoms with E-state index in [1.807, 2.05) is 24.3 Å². The summed E-state index contributed by atoms with van der Waals surface area (Å²) in [5.41, 5.74) is 3.17. The lowest BCUT2D eigenvalue weighted by Gasteiger charge is -2.29. The van der Waals surface area contributed by atoms with Gasteiger partial charge in [0.1, 0.15) is 11.6 Å². The van der Waals surface area contributed by atoms with Crippen molar-refractivity contribution >= 4 is 40.0 Å². The minimum Gasteiger partial charge on any atom is -0.497 e. The minimum atomic E-state index is -0.577. The van der Waals surface area contributed by atoms with Crippen molar-refractivity contribution in [2.75, 3.05) is 62.7 Å². The molecule has 1 saturated carbocycles. The molecule has 2 fully saturated rings. The number of H-pyrrole nitrogens is 1. The van der Waals surface area contributed by atoms with E-state index in [0.717, 1.165) is 39.9 Å². The maximum atomic E-state index is 13.1. The van der Waals surface area contributed by atoms with Crippen molar-refractivity contribution in [3.05, 3.63) is 53.3 Å². The van der Waals surface area contributed by atoms with E-state index in [1.54, 1.807) is 14.2 Å².